The highest BCUT2D eigenvalue weighted by molar-refractivity contribution is 5.86. The standard InChI is InChI=1S/C22H24N4O3/c1-29-16-6-4-5-15(11-16)12-23-21(27)13-24-22(28)26-10-9-18-17-7-2-3-8-19(17)25-20(18)14-26/h2-8,11,25H,9-10,12-14H2,1H3,(H,23,27)(H,24,28). The van der Waals surface area contributed by atoms with E-state index < -0.39 is 0 Å². The summed E-state index contributed by atoms with van der Waals surface area (Å²) in [5.74, 6) is 0.510. The van der Waals surface area contributed by atoms with Crippen molar-refractivity contribution in [2.45, 2.75) is 19.5 Å². The van der Waals surface area contributed by atoms with Gasteiger partial charge in [0, 0.05) is 29.7 Å². The molecule has 0 aliphatic carbocycles. The van der Waals surface area contributed by atoms with Gasteiger partial charge in [0.1, 0.15) is 5.75 Å². The van der Waals surface area contributed by atoms with Crippen molar-refractivity contribution in [3.8, 4) is 5.75 Å². The number of methoxy groups -OCH3 is 1. The molecule has 3 amide bonds. The molecule has 150 valence electrons. The second-order valence-electron chi connectivity index (χ2n) is 7.09. The highest BCUT2D eigenvalue weighted by atomic mass is 16.5. The van der Waals surface area contributed by atoms with Crippen LogP contribution in [0.1, 0.15) is 16.8 Å². The van der Waals surface area contributed by atoms with Crippen molar-refractivity contribution in [1.29, 1.82) is 0 Å². The quantitative estimate of drug-likeness (QED) is 0.624. The summed E-state index contributed by atoms with van der Waals surface area (Å²) >= 11 is 0. The molecule has 1 aliphatic rings. The minimum atomic E-state index is -0.232. The zero-order valence-corrected chi connectivity index (χ0v) is 16.3. The highest BCUT2D eigenvalue weighted by Crippen LogP contribution is 2.27. The molecule has 0 unspecified atom stereocenters. The molecule has 0 radical (unpaired) electrons. The van der Waals surface area contributed by atoms with Crippen molar-refractivity contribution in [3.05, 3.63) is 65.4 Å². The highest BCUT2D eigenvalue weighted by Gasteiger charge is 2.23. The predicted molar refractivity (Wildman–Crippen MR) is 111 cm³/mol. The molecule has 4 rings (SSSR count). The van der Waals surface area contributed by atoms with Crippen LogP contribution in [0.15, 0.2) is 48.5 Å². The summed E-state index contributed by atoms with van der Waals surface area (Å²) in [5.41, 5.74) is 4.37. The number of benzene rings is 2. The van der Waals surface area contributed by atoms with Crippen LogP contribution in [0.2, 0.25) is 0 Å². The van der Waals surface area contributed by atoms with E-state index in [1.165, 1.54) is 10.9 Å². The molecule has 7 heteroatoms. The van der Waals surface area contributed by atoms with E-state index in [4.69, 9.17) is 4.74 Å². The maximum Gasteiger partial charge on any atom is 0.318 e. The van der Waals surface area contributed by atoms with E-state index in [2.05, 4.69) is 21.7 Å². The number of carbonyl (C=O) groups is 2. The molecule has 3 N–H and O–H groups in total. The zero-order chi connectivity index (χ0) is 20.2. The number of nitrogens with one attached hydrogen (secondary N) is 3. The van der Waals surface area contributed by atoms with Crippen LogP contribution in [0.4, 0.5) is 4.79 Å². The lowest BCUT2D eigenvalue weighted by Crippen LogP contribution is -2.46. The van der Waals surface area contributed by atoms with E-state index >= 15 is 0 Å². The molecule has 0 fully saturated rings. The van der Waals surface area contributed by atoms with Gasteiger partial charge in [-0.3, -0.25) is 4.79 Å². The molecule has 2 heterocycles. The first-order valence-electron chi connectivity index (χ1n) is 9.65. The number of H-pyrrole nitrogens is 1. The number of hydrogen-bond acceptors (Lipinski definition) is 3. The number of carbonyl (C=O) groups excluding carboxylic acids is 2. The molecular weight excluding hydrogens is 368 g/mol. The minimum absolute atomic E-state index is 0.0567. The van der Waals surface area contributed by atoms with Crippen molar-refractivity contribution in [1.82, 2.24) is 20.5 Å². The van der Waals surface area contributed by atoms with Gasteiger partial charge in [-0.15, -0.1) is 0 Å². The topological polar surface area (TPSA) is 86.5 Å². The lowest BCUT2D eigenvalue weighted by atomic mass is 10.0. The van der Waals surface area contributed by atoms with Crippen LogP contribution in [0.3, 0.4) is 0 Å². The zero-order valence-electron chi connectivity index (χ0n) is 16.3. The number of aromatic amines is 1. The Labute approximate surface area is 169 Å². The molecule has 0 saturated heterocycles. The number of aromatic nitrogens is 1. The van der Waals surface area contributed by atoms with E-state index in [0.717, 1.165) is 28.9 Å². The molecule has 0 bridgehead atoms. The molecule has 1 aromatic heterocycles. The number of amides is 3. The van der Waals surface area contributed by atoms with Gasteiger partial charge < -0.3 is 25.3 Å². The van der Waals surface area contributed by atoms with Gasteiger partial charge in [-0.2, -0.15) is 0 Å². The number of nitrogens with zero attached hydrogens (tertiary/aromatic N) is 1. The first kappa shape index (κ1) is 18.9. The molecule has 1 aliphatic heterocycles. The van der Waals surface area contributed by atoms with Crippen molar-refractivity contribution >= 4 is 22.8 Å². The van der Waals surface area contributed by atoms with Gasteiger partial charge in [-0.1, -0.05) is 30.3 Å². The van der Waals surface area contributed by atoms with Crippen LogP contribution in [-0.4, -0.2) is 42.0 Å². The number of para-hydroxylation sites is 1. The van der Waals surface area contributed by atoms with Gasteiger partial charge >= 0.3 is 6.03 Å². The lowest BCUT2D eigenvalue weighted by molar-refractivity contribution is -0.120. The van der Waals surface area contributed by atoms with Crippen LogP contribution >= 0.6 is 0 Å². The van der Waals surface area contributed by atoms with Crippen molar-refractivity contribution < 1.29 is 14.3 Å². The number of fused-ring (bicyclic) bond motifs is 3. The van der Waals surface area contributed by atoms with Crippen LogP contribution in [0.25, 0.3) is 10.9 Å². The molecule has 2 aromatic carbocycles. The van der Waals surface area contributed by atoms with E-state index in [0.29, 0.717) is 19.6 Å². The third-order valence-corrected chi connectivity index (χ3v) is 5.19. The Balaban J connectivity index is 1.28. The Morgan fingerprint density at radius 2 is 2.00 bits per heavy atom. The minimum Gasteiger partial charge on any atom is -0.497 e. The van der Waals surface area contributed by atoms with Crippen molar-refractivity contribution in [2.24, 2.45) is 0 Å². The van der Waals surface area contributed by atoms with Crippen LogP contribution in [0.5, 0.6) is 5.75 Å². The average Bonchev–Trinajstić information content (AvgIpc) is 3.14. The summed E-state index contributed by atoms with van der Waals surface area (Å²) in [6, 6.07) is 15.4. The Morgan fingerprint density at radius 3 is 2.86 bits per heavy atom. The molecular formula is C22H24N4O3. The molecule has 0 atom stereocenters. The fourth-order valence-electron chi connectivity index (χ4n) is 3.68. The number of rotatable bonds is 5. The van der Waals surface area contributed by atoms with Crippen LogP contribution in [0, 0.1) is 0 Å². The second kappa shape index (κ2) is 8.26. The van der Waals surface area contributed by atoms with Crippen LogP contribution < -0.4 is 15.4 Å². The largest absolute Gasteiger partial charge is 0.497 e. The van der Waals surface area contributed by atoms with Gasteiger partial charge in [-0.05, 0) is 35.7 Å². The molecule has 7 nitrogen and oxygen atoms in total. The predicted octanol–water partition coefficient (Wildman–Crippen LogP) is 2.56. The molecule has 0 spiro atoms. The summed E-state index contributed by atoms with van der Waals surface area (Å²) in [7, 11) is 1.60. The third kappa shape index (κ3) is 4.18. The van der Waals surface area contributed by atoms with Gasteiger partial charge in [0.05, 0.1) is 20.2 Å². The van der Waals surface area contributed by atoms with Gasteiger partial charge in [0.2, 0.25) is 5.91 Å². The van der Waals surface area contributed by atoms with E-state index in [1.807, 2.05) is 42.5 Å². The summed E-state index contributed by atoms with van der Waals surface area (Å²) in [6.07, 6.45) is 0.800. The number of ether oxygens (including phenoxy) is 1. The molecule has 29 heavy (non-hydrogen) atoms. The average molecular weight is 392 g/mol. The van der Waals surface area contributed by atoms with Gasteiger partial charge in [0.25, 0.3) is 0 Å². The normalized spacial score (nSPS) is 13.1. The van der Waals surface area contributed by atoms with E-state index in [9.17, 15) is 9.59 Å². The second-order valence-corrected chi connectivity index (χ2v) is 7.09. The monoisotopic (exact) mass is 392 g/mol. The van der Waals surface area contributed by atoms with Crippen molar-refractivity contribution in [2.75, 3.05) is 20.2 Å². The maximum absolute atomic E-state index is 12.5. The Kier molecular flexibility index (Phi) is 5.37. The molecule has 0 saturated carbocycles. The lowest BCUT2D eigenvalue weighted by Gasteiger charge is -2.27. The Hall–Kier alpha value is -3.48. The van der Waals surface area contributed by atoms with Gasteiger partial charge in [0.15, 0.2) is 0 Å². The number of urea groups is 1. The summed E-state index contributed by atoms with van der Waals surface area (Å²) < 4.78 is 5.17. The third-order valence-electron chi connectivity index (χ3n) is 5.19. The Bertz CT molecular complexity index is 1040. The molecule has 3 aromatic rings. The smallest absolute Gasteiger partial charge is 0.318 e. The Morgan fingerprint density at radius 1 is 1.14 bits per heavy atom. The van der Waals surface area contributed by atoms with Crippen molar-refractivity contribution in [3.63, 3.8) is 0 Å². The SMILES string of the molecule is COc1cccc(CNC(=O)CNC(=O)N2CCc3c([nH]c4ccccc34)C2)c1. The maximum atomic E-state index is 12.5. The summed E-state index contributed by atoms with van der Waals surface area (Å²) in [5, 5.41) is 6.74. The summed E-state index contributed by atoms with van der Waals surface area (Å²) in [6.45, 7) is 1.47. The van der Waals surface area contributed by atoms with E-state index in [-0.39, 0.29) is 18.5 Å². The fraction of sp³-hybridized carbons (Fsp3) is 0.273. The van der Waals surface area contributed by atoms with Crippen LogP contribution in [-0.2, 0) is 24.3 Å². The van der Waals surface area contributed by atoms with Gasteiger partial charge in [-0.25, -0.2) is 4.79 Å². The summed E-state index contributed by atoms with van der Waals surface area (Å²) in [4.78, 5) is 29.7. The first-order chi connectivity index (χ1) is 14.1. The van der Waals surface area contributed by atoms with E-state index in [1.54, 1.807) is 12.0 Å². The first-order valence-corrected chi connectivity index (χ1v) is 9.65. The fourth-order valence-corrected chi connectivity index (χ4v) is 3.68. The number of hydrogen-bond donors (Lipinski definition) is 3.